The molecule has 0 aliphatic carbocycles. The Morgan fingerprint density at radius 2 is 2.08 bits per heavy atom. The van der Waals surface area contributed by atoms with Crippen LogP contribution in [0.15, 0.2) is 35.7 Å². The molecule has 2 atom stereocenters. The van der Waals surface area contributed by atoms with E-state index in [-0.39, 0.29) is 18.5 Å². The molecule has 1 aliphatic heterocycles. The second-order valence-electron chi connectivity index (χ2n) is 6.77. The zero-order valence-corrected chi connectivity index (χ0v) is 15.5. The van der Waals surface area contributed by atoms with Gasteiger partial charge in [-0.2, -0.15) is 0 Å². The molecule has 1 aromatic carbocycles. The third kappa shape index (κ3) is 4.60. The summed E-state index contributed by atoms with van der Waals surface area (Å²) >= 11 is 1.59. The fraction of sp³-hybridized carbons (Fsp3) is 0.421. The lowest BCUT2D eigenvalue weighted by Gasteiger charge is -2.34. The number of likely N-dealkylation sites (tertiary alicyclic amines) is 1. The lowest BCUT2D eigenvalue weighted by Crippen LogP contribution is -2.49. The third-order valence-corrected chi connectivity index (χ3v) is 5.47. The SMILES string of the molecule is CC1CC(C(=O)O)CN(C(=O)NCCc2csc(-c3ccccc3)n2)C1. The summed E-state index contributed by atoms with van der Waals surface area (Å²) < 4.78 is 0. The fourth-order valence-corrected chi connectivity index (χ4v) is 4.10. The number of piperidine rings is 1. The van der Waals surface area contributed by atoms with Crippen molar-refractivity contribution < 1.29 is 14.7 Å². The first kappa shape index (κ1) is 18.4. The number of nitrogens with zero attached hydrogens (tertiary/aromatic N) is 2. The number of benzene rings is 1. The Kier molecular flexibility index (Phi) is 5.88. The third-order valence-electron chi connectivity index (χ3n) is 4.53. The van der Waals surface area contributed by atoms with Crippen molar-refractivity contribution in [2.24, 2.45) is 11.8 Å². The van der Waals surface area contributed by atoms with Gasteiger partial charge in [-0.05, 0) is 12.3 Å². The van der Waals surface area contributed by atoms with Crippen molar-refractivity contribution in [1.82, 2.24) is 15.2 Å². The molecule has 7 heteroatoms. The van der Waals surface area contributed by atoms with E-state index in [1.165, 1.54) is 0 Å². The molecule has 2 aromatic rings. The van der Waals surface area contributed by atoms with Gasteiger partial charge in [-0.15, -0.1) is 11.3 Å². The van der Waals surface area contributed by atoms with Crippen LogP contribution in [0, 0.1) is 11.8 Å². The highest BCUT2D eigenvalue weighted by Gasteiger charge is 2.31. The van der Waals surface area contributed by atoms with Crippen molar-refractivity contribution in [2.45, 2.75) is 19.8 Å². The topological polar surface area (TPSA) is 82.5 Å². The summed E-state index contributed by atoms with van der Waals surface area (Å²) in [5.41, 5.74) is 2.04. The van der Waals surface area contributed by atoms with Crippen LogP contribution in [0.4, 0.5) is 4.79 Å². The van der Waals surface area contributed by atoms with Crippen LogP contribution in [0.25, 0.3) is 10.6 Å². The van der Waals surface area contributed by atoms with Crippen LogP contribution in [-0.4, -0.2) is 46.6 Å². The van der Waals surface area contributed by atoms with Gasteiger partial charge >= 0.3 is 12.0 Å². The van der Waals surface area contributed by atoms with E-state index < -0.39 is 11.9 Å². The summed E-state index contributed by atoms with van der Waals surface area (Å²) in [6.07, 6.45) is 1.28. The number of rotatable bonds is 5. The highest BCUT2D eigenvalue weighted by molar-refractivity contribution is 7.13. The number of amides is 2. The molecule has 0 bridgehead atoms. The van der Waals surface area contributed by atoms with Crippen LogP contribution >= 0.6 is 11.3 Å². The Balaban J connectivity index is 1.49. The minimum absolute atomic E-state index is 0.193. The predicted molar refractivity (Wildman–Crippen MR) is 101 cm³/mol. The predicted octanol–water partition coefficient (Wildman–Crippen LogP) is 3.10. The van der Waals surface area contributed by atoms with Gasteiger partial charge in [0.15, 0.2) is 0 Å². The highest BCUT2D eigenvalue weighted by Crippen LogP contribution is 2.24. The summed E-state index contributed by atoms with van der Waals surface area (Å²) in [4.78, 5) is 29.8. The molecule has 2 unspecified atom stereocenters. The molecule has 138 valence electrons. The zero-order valence-electron chi connectivity index (χ0n) is 14.7. The van der Waals surface area contributed by atoms with E-state index in [0.29, 0.717) is 25.9 Å². The number of nitrogens with one attached hydrogen (secondary N) is 1. The van der Waals surface area contributed by atoms with Gasteiger partial charge < -0.3 is 15.3 Å². The van der Waals surface area contributed by atoms with E-state index in [1.807, 2.05) is 42.6 Å². The standard InChI is InChI=1S/C19H23N3O3S/c1-13-9-15(18(23)24)11-22(10-13)19(25)20-8-7-16-12-26-17(21-16)14-5-3-2-4-6-14/h2-6,12-13,15H,7-11H2,1H3,(H,20,25)(H,23,24). The van der Waals surface area contributed by atoms with Gasteiger partial charge in [0.25, 0.3) is 0 Å². The highest BCUT2D eigenvalue weighted by atomic mass is 32.1. The second-order valence-corrected chi connectivity index (χ2v) is 7.63. The van der Waals surface area contributed by atoms with E-state index in [0.717, 1.165) is 16.3 Å². The second kappa shape index (κ2) is 8.31. The van der Waals surface area contributed by atoms with Gasteiger partial charge in [-0.25, -0.2) is 9.78 Å². The number of aromatic nitrogens is 1. The van der Waals surface area contributed by atoms with Crippen LogP contribution in [0.1, 0.15) is 19.0 Å². The van der Waals surface area contributed by atoms with E-state index in [4.69, 9.17) is 0 Å². The quantitative estimate of drug-likeness (QED) is 0.844. The number of carbonyl (C=O) groups is 2. The summed E-state index contributed by atoms with van der Waals surface area (Å²) in [5.74, 6) is -1.11. The maximum Gasteiger partial charge on any atom is 0.317 e. The smallest absolute Gasteiger partial charge is 0.317 e. The maximum atomic E-state index is 12.3. The molecular weight excluding hydrogens is 350 g/mol. The van der Waals surface area contributed by atoms with Crippen LogP contribution in [0.3, 0.4) is 0 Å². The van der Waals surface area contributed by atoms with E-state index in [9.17, 15) is 14.7 Å². The van der Waals surface area contributed by atoms with E-state index in [1.54, 1.807) is 16.2 Å². The van der Waals surface area contributed by atoms with Gasteiger partial charge in [-0.3, -0.25) is 4.79 Å². The number of urea groups is 1. The van der Waals surface area contributed by atoms with E-state index in [2.05, 4.69) is 10.3 Å². The fourth-order valence-electron chi connectivity index (χ4n) is 3.24. The molecule has 6 nitrogen and oxygen atoms in total. The Hall–Kier alpha value is -2.41. The minimum atomic E-state index is -0.828. The first-order chi connectivity index (χ1) is 12.5. The Bertz CT molecular complexity index is 762. The summed E-state index contributed by atoms with van der Waals surface area (Å²) in [6, 6.07) is 9.81. The molecule has 1 aromatic heterocycles. The number of aliphatic carboxylic acids is 1. The van der Waals surface area contributed by atoms with Crippen molar-refractivity contribution in [3.05, 3.63) is 41.4 Å². The monoisotopic (exact) mass is 373 g/mol. The molecule has 0 radical (unpaired) electrons. The van der Waals surface area contributed by atoms with E-state index >= 15 is 0 Å². The molecule has 1 fully saturated rings. The van der Waals surface area contributed by atoms with Crippen LogP contribution in [-0.2, 0) is 11.2 Å². The van der Waals surface area contributed by atoms with Crippen molar-refractivity contribution in [3.63, 3.8) is 0 Å². The normalized spacial score (nSPS) is 20.0. The lowest BCUT2D eigenvalue weighted by molar-refractivity contribution is -0.143. The molecule has 0 saturated carbocycles. The lowest BCUT2D eigenvalue weighted by atomic mass is 9.91. The van der Waals surface area contributed by atoms with Gasteiger partial charge in [-0.1, -0.05) is 37.3 Å². The molecule has 1 aliphatic rings. The van der Waals surface area contributed by atoms with Gasteiger partial charge in [0.1, 0.15) is 5.01 Å². The molecule has 2 heterocycles. The summed E-state index contributed by atoms with van der Waals surface area (Å²) in [7, 11) is 0. The minimum Gasteiger partial charge on any atom is -0.481 e. The number of carboxylic acids is 1. The number of hydrogen-bond acceptors (Lipinski definition) is 4. The van der Waals surface area contributed by atoms with Crippen LogP contribution < -0.4 is 5.32 Å². The molecule has 3 rings (SSSR count). The van der Waals surface area contributed by atoms with Crippen molar-refractivity contribution in [1.29, 1.82) is 0 Å². The molecule has 2 amide bonds. The summed E-state index contributed by atoms with van der Waals surface area (Å²) in [6.45, 7) is 3.35. The Morgan fingerprint density at radius 1 is 1.31 bits per heavy atom. The molecule has 0 spiro atoms. The molecular formula is C19H23N3O3S. The number of thiazole rings is 1. The van der Waals surface area contributed by atoms with Gasteiger partial charge in [0.05, 0.1) is 11.6 Å². The van der Waals surface area contributed by atoms with Crippen LogP contribution in [0.5, 0.6) is 0 Å². The molecule has 26 heavy (non-hydrogen) atoms. The van der Waals surface area contributed by atoms with Crippen molar-refractivity contribution >= 4 is 23.3 Å². The number of hydrogen-bond donors (Lipinski definition) is 2. The zero-order chi connectivity index (χ0) is 18.5. The largest absolute Gasteiger partial charge is 0.481 e. The van der Waals surface area contributed by atoms with Gasteiger partial charge in [0, 0.05) is 37.0 Å². The number of carboxylic acid groups (broad SMARTS) is 1. The first-order valence-electron chi connectivity index (χ1n) is 8.78. The van der Waals surface area contributed by atoms with Crippen molar-refractivity contribution in [3.8, 4) is 10.6 Å². The molecule has 2 N–H and O–H groups in total. The average Bonchev–Trinajstić information content (AvgIpc) is 3.10. The summed E-state index contributed by atoms with van der Waals surface area (Å²) in [5, 5.41) is 15.1. The number of carbonyl (C=O) groups excluding carboxylic acids is 1. The van der Waals surface area contributed by atoms with Crippen molar-refractivity contribution in [2.75, 3.05) is 19.6 Å². The van der Waals surface area contributed by atoms with Gasteiger partial charge in [0.2, 0.25) is 0 Å². The van der Waals surface area contributed by atoms with Crippen LogP contribution in [0.2, 0.25) is 0 Å². The molecule has 1 saturated heterocycles. The maximum absolute atomic E-state index is 12.3. The Labute approximate surface area is 156 Å². The first-order valence-corrected chi connectivity index (χ1v) is 9.66. The Morgan fingerprint density at radius 3 is 2.81 bits per heavy atom. The average molecular weight is 373 g/mol.